The lowest BCUT2D eigenvalue weighted by Gasteiger charge is -2.32. The lowest BCUT2D eigenvalue weighted by atomic mass is 9.93. The number of fused-ring (bicyclic) bond motifs is 1. The molecule has 1 amide bonds. The molecule has 0 radical (unpaired) electrons. The molecule has 0 spiro atoms. The third kappa shape index (κ3) is 2.24. The fourth-order valence-electron chi connectivity index (χ4n) is 4.02. The monoisotopic (exact) mass is 272 g/mol. The molecule has 108 valence electrons. The van der Waals surface area contributed by atoms with Crippen molar-refractivity contribution in [3.8, 4) is 0 Å². The van der Waals surface area contributed by atoms with Crippen molar-refractivity contribution in [2.45, 2.75) is 45.1 Å². The van der Waals surface area contributed by atoms with Gasteiger partial charge in [0.05, 0.1) is 0 Å². The van der Waals surface area contributed by atoms with Crippen LogP contribution in [0.15, 0.2) is 18.2 Å². The van der Waals surface area contributed by atoms with Crippen molar-refractivity contribution in [2.75, 3.05) is 19.6 Å². The fraction of sp³-hybridized carbons (Fsp3) is 0.588. The van der Waals surface area contributed by atoms with Crippen molar-refractivity contribution in [1.82, 2.24) is 10.2 Å². The van der Waals surface area contributed by atoms with Crippen molar-refractivity contribution in [2.24, 2.45) is 0 Å². The Morgan fingerprint density at radius 1 is 1.20 bits per heavy atom. The van der Waals surface area contributed by atoms with Crippen LogP contribution in [0.5, 0.6) is 0 Å². The molecule has 20 heavy (non-hydrogen) atoms. The molecule has 0 saturated carbocycles. The standard InChI is InChI=1S/C17H24N2O/c1-13-6-3-7-14(2)15(13)16(20)18-12-17-8-4-10-19(17)11-5-9-17/h3,6-7H,4-5,8-12H2,1-2H3,(H,18,20). The highest BCUT2D eigenvalue weighted by molar-refractivity contribution is 5.97. The van der Waals surface area contributed by atoms with Crippen molar-refractivity contribution in [1.29, 1.82) is 0 Å². The summed E-state index contributed by atoms with van der Waals surface area (Å²) in [7, 11) is 0. The van der Waals surface area contributed by atoms with Crippen LogP contribution in [0.3, 0.4) is 0 Å². The van der Waals surface area contributed by atoms with Crippen LogP contribution < -0.4 is 5.32 Å². The van der Waals surface area contributed by atoms with Gasteiger partial charge in [-0.2, -0.15) is 0 Å². The second-order valence-corrected chi connectivity index (χ2v) is 6.37. The lowest BCUT2D eigenvalue weighted by Crippen LogP contribution is -2.48. The molecule has 0 aliphatic carbocycles. The number of nitrogens with zero attached hydrogens (tertiary/aromatic N) is 1. The van der Waals surface area contributed by atoms with E-state index in [1.54, 1.807) is 0 Å². The molecule has 2 fully saturated rings. The molecule has 3 nitrogen and oxygen atoms in total. The topological polar surface area (TPSA) is 32.3 Å². The molecule has 0 bridgehead atoms. The van der Waals surface area contributed by atoms with E-state index in [0.29, 0.717) is 0 Å². The number of rotatable bonds is 3. The summed E-state index contributed by atoms with van der Waals surface area (Å²) in [6.07, 6.45) is 5.03. The molecule has 2 aliphatic heterocycles. The van der Waals surface area contributed by atoms with Crippen LogP contribution in [0.25, 0.3) is 0 Å². The van der Waals surface area contributed by atoms with Gasteiger partial charge in [-0.1, -0.05) is 18.2 Å². The Bertz CT molecular complexity index is 493. The smallest absolute Gasteiger partial charge is 0.251 e. The molecule has 2 heterocycles. The fourth-order valence-corrected chi connectivity index (χ4v) is 4.02. The number of nitrogens with one attached hydrogen (secondary N) is 1. The molecule has 1 aromatic carbocycles. The molecule has 0 aromatic heterocycles. The summed E-state index contributed by atoms with van der Waals surface area (Å²) in [6.45, 7) is 7.24. The Balaban J connectivity index is 1.71. The predicted molar refractivity (Wildman–Crippen MR) is 81.0 cm³/mol. The maximum absolute atomic E-state index is 12.5. The normalized spacial score (nSPS) is 20.9. The molecular weight excluding hydrogens is 248 g/mol. The average molecular weight is 272 g/mol. The lowest BCUT2D eigenvalue weighted by molar-refractivity contribution is 0.0918. The first-order chi connectivity index (χ1) is 9.62. The maximum Gasteiger partial charge on any atom is 0.251 e. The van der Waals surface area contributed by atoms with Gasteiger partial charge in [-0.05, 0) is 63.7 Å². The SMILES string of the molecule is Cc1cccc(C)c1C(=O)NCC12CCCN1CCC2. The van der Waals surface area contributed by atoms with E-state index in [4.69, 9.17) is 0 Å². The summed E-state index contributed by atoms with van der Waals surface area (Å²) in [5.41, 5.74) is 3.24. The molecule has 2 saturated heterocycles. The van der Waals surface area contributed by atoms with Gasteiger partial charge in [-0.25, -0.2) is 0 Å². The van der Waals surface area contributed by atoms with Gasteiger partial charge in [0.15, 0.2) is 0 Å². The van der Waals surface area contributed by atoms with E-state index in [1.165, 1.54) is 38.8 Å². The number of hydrogen-bond donors (Lipinski definition) is 1. The molecule has 3 heteroatoms. The average Bonchev–Trinajstić information content (AvgIpc) is 2.95. The Morgan fingerprint density at radius 2 is 1.80 bits per heavy atom. The zero-order valence-electron chi connectivity index (χ0n) is 12.5. The number of amides is 1. The Kier molecular flexibility index (Phi) is 3.55. The second-order valence-electron chi connectivity index (χ2n) is 6.37. The van der Waals surface area contributed by atoms with Crippen molar-refractivity contribution in [3.63, 3.8) is 0 Å². The summed E-state index contributed by atoms with van der Waals surface area (Å²) in [5, 5.41) is 3.20. The Hall–Kier alpha value is -1.35. The van der Waals surface area contributed by atoms with Gasteiger partial charge in [-0.15, -0.1) is 0 Å². The van der Waals surface area contributed by atoms with Crippen molar-refractivity contribution >= 4 is 5.91 Å². The van der Waals surface area contributed by atoms with Crippen molar-refractivity contribution in [3.05, 3.63) is 34.9 Å². The summed E-state index contributed by atoms with van der Waals surface area (Å²) in [6, 6.07) is 6.03. The summed E-state index contributed by atoms with van der Waals surface area (Å²) >= 11 is 0. The summed E-state index contributed by atoms with van der Waals surface area (Å²) in [5.74, 6) is 0.0914. The van der Waals surface area contributed by atoms with Crippen LogP contribution in [0.2, 0.25) is 0 Å². The Labute approximate surface area is 121 Å². The number of benzene rings is 1. The molecule has 3 rings (SSSR count). The minimum atomic E-state index is 0.0914. The number of hydrogen-bond acceptors (Lipinski definition) is 2. The minimum Gasteiger partial charge on any atom is -0.350 e. The molecule has 0 atom stereocenters. The highest BCUT2D eigenvalue weighted by Gasteiger charge is 2.44. The predicted octanol–water partition coefficient (Wildman–Crippen LogP) is 2.66. The largest absolute Gasteiger partial charge is 0.350 e. The van der Waals surface area contributed by atoms with Crippen LogP contribution in [-0.4, -0.2) is 36.0 Å². The number of carbonyl (C=O) groups is 1. The third-order valence-electron chi connectivity index (χ3n) is 5.10. The van der Waals surface area contributed by atoms with Gasteiger partial charge in [0.2, 0.25) is 0 Å². The molecule has 2 aliphatic rings. The molecule has 1 N–H and O–H groups in total. The molecular formula is C17H24N2O. The van der Waals surface area contributed by atoms with E-state index in [1.807, 2.05) is 32.0 Å². The van der Waals surface area contributed by atoms with Gasteiger partial charge < -0.3 is 5.32 Å². The third-order valence-corrected chi connectivity index (χ3v) is 5.10. The zero-order valence-corrected chi connectivity index (χ0v) is 12.5. The van der Waals surface area contributed by atoms with E-state index in [0.717, 1.165) is 23.2 Å². The van der Waals surface area contributed by atoms with Crippen molar-refractivity contribution < 1.29 is 4.79 Å². The van der Waals surface area contributed by atoms with Gasteiger partial charge in [-0.3, -0.25) is 9.69 Å². The first kappa shape index (κ1) is 13.6. The van der Waals surface area contributed by atoms with Crippen LogP contribution in [0, 0.1) is 13.8 Å². The van der Waals surface area contributed by atoms with Gasteiger partial charge >= 0.3 is 0 Å². The quantitative estimate of drug-likeness (QED) is 0.917. The second kappa shape index (κ2) is 5.21. The van der Waals surface area contributed by atoms with Crippen LogP contribution in [0.4, 0.5) is 0 Å². The first-order valence-electron chi connectivity index (χ1n) is 7.72. The van der Waals surface area contributed by atoms with Gasteiger partial charge in [0, 0.05) is 17.6 Å². The highest BCUT2D eigenvalue weighted by Crippen LogP contribution is 2.38. The van der Waals surface area contributed by atoms with E-state index in [-0.39, 0.29) is 11.4 Å². The first-order valence-corrected chi connectivity index (χ1v) is 7.72. The molecule has 0 unspecified atom stereocenters. The van der Waals surface area contributed by atoms with Crippen LogP contribution in [0.1, 0.15) is 47.2 Å². The van der Waals surface area contributed by atoms with E-state index in [2.05, 4.69) is 10.2 Å². The number of aryl methyl sites for hydroxylation is 2. The van der Waals surface area contributed by atoms with Crippen LogP contribution >= 0.6 is 0 Å². The highest BCUT2D eigenvalue weighted by atomic mass is 16.1. The van der Waals surface area contributed by atoms with E-state index >= 15 is 0 Å². The molecule has 1 aromatic rings. The Morgan fingerprint density at radius 3 is 2.40 bits per heavy atom. The minimum absolute atomic E-state index is 0.0914. The number of carbonyl (C=O) groups excluding carboxylic acids is 1. The maximum atomic E-state index is 12.5. The zero-order chi connectivity index (χ0) is 14.2. The van der Waals surface area contributed by atoms with Gasteiger partial charge in [0.1, 0.15) is 0 Å². The van der Waals surface area contributed by atoms with Gasteiger partial charge in [0.25, 0.3) is 5.91 Å². The summed E-state index contributed by atoms with van der Waals surface area (Å²) < 4.78 is 0. The summed E-state index contributed by atoms with van der Waals surface area (Å²) in [4.78, 5) is 15.1. The van der Waals surface area contributed by atoms with Crippen LogP contribution in [-0.2, 0) is 0 Å². The van der Waals surface area contributed by atoms with E-state index in [9.17, 15) is 4.79 Å². The van der Waals surface area contributed by atoms with E-state index < -0.39 is 0 Å².